The van der Waals surface area contributed by atoms with E-state index in [0.29, 0.717) is 5.69 Å². The van der Waals surface area contributed by atoms with Crippen LogP contribution in [-0.2, 0) is 10.0 Å². The van der Waals surface area contributed by atoms with Crippen molar-refractivity contribution in [1.29, 1.82) is 0 Å². The Morgan fingerprint density at radius 3 is 2.67 bits per heavy atom. The summed E-state index contributed by atoms with van der Waals surface area (Å²) in [6.45, 7) is 0. The lowest BCUT2D eigenvalue weighted by molar-refractivity contribution is 0.595. The minimum absolute atomic E-state index is 0.0159. The van der Waals surface area contributed by atoms with Crippen LogP contribution >= 0.6 is 11.6 Å². The molecule has 0 heterocycles. The SMILES string of the molecule is CN(c1cccc(F)c1)S(=O)(=O)CCCl. The van der Waals surface area contributed by atoms with Gasteiger partial charge in [0.2, 0.25) is 10.0 Å². The van der Waals surface area contributed by atoms with Crippen LogP contribution in [0.5, 0.6) is 0 Å². The molecule has 1 aromatic carbocycles. The molecule has 3 nitrogen and oxygen atoms in total. The van der Waals surface area contributed by atoms with Crippen molar-refractivity contribution in [2.24, 2.45) is 0 Å². The van der Waals surface area contributed by atoms with Gasteiger partial charge in [0.25, 0.3) is 0 Å². The molecule has 0 saturated heterocycles. The molecule has 0 aliphatic heterocycles. The third-order valence-corrected chi connectivity index (χ3v) is 4.10. The first kappa shape index (κ1) is 12.3. The van der Waals surface area contributed by atoms with Gasteiger partial charge in [-0.15, -0.1) is 11.6 Å². The van der Waals surface area contributed by atoms with E-state index in [2.05, 4.69) is 0 Å². The Morgan fingerprint density at radius 1 is 1.47 bits per heavy atom. The van der Waals surface area contributed by atoms with E-state index in [1.165, 1.54) is 25.2 Å². The second-order valence-electron chi connectivity index (χ2n) is 2.95. The molecular weight excluding hydrogens is 241 g/mol. The monoisotopic (exact) mass is 251 g/mol. The van der Waals surface area contributed by atoms with Crippen molar-refractivity contribution in [3.63, 3.8) is 0 Å². The highest BCUT2D eigenvalue weighted by Gasteiger charge is 2.17. The second-order valence-corrected chi connectivity index (χ2v) is 5.45. The lowest BCUT2D eigenvalue weighted by atomic mass is 10.3. The molecular formula is C9H11ClFNO2S. The molecule has 0 amide bonds. The van der Waals surface area contributed by atoms with Gasteiger partial charge in [0, 0.05) is 12.9 Å². The van der Waals surface area contributed by atoms with Crippen LogP contribution in [0.25, 0.3) is 0 Å². The van der Waals surface area contributed by atoms with Gasteiger partial charge >= 0.3 is 0 Å². The van der Waals surface area contributed by atoms with Gasteiger partial charge in [-0.2, -0.15) is 0 Å². The number of anilines is 1. The molecule has 6 heteroatoms. The Morgan fingerprint density at radius 2 is 2.13 bits per heavy atom. The number of benzene rings is 1. The van der Waals surface area contributed by atoms with E-state index in [4.69, 9.17) is 11.6 Å². The van der Waals surface area contributed by atoms with Gasteiger partial charge in [0.1, 0.15) is 5.82 Å². The molecule has 0 aliphatic carbocycles. The standard InChI is InChI=1S/C9H11ClFNO2S/c1-12(15(13,14)6-5-10)9-4-2-3-8(11)7-9/h2-4,7H,5-6H2,1H3. The first-order valence-corrected chi connectivity index (χ1v) is 6.40. The quantitative estimate of drug-likeness (QED) is 0.766. The Bertz CT molecular complexity index is 435. The number of nitrogens with zero attached hydrogens (tertiary/aromatic N) is 1. The summed E-state index contributed by atoms with van der Waals surface area (Å²) < 4.78 is 37.0. The van der Waals surface area contributed by atoms with Crippen LogP contribution in [0.2, 0.25) is 0 Å². The minimum Gasteiger partial charge on any atom is -0.273 e. The Kier molecular flexibility index (Phi) is 3.93. The molecule has 0 aromatic heterocycles. The lowest BCUT2D eigenvalue weighted by Crippen LogP contribution is -2.29. The zero-order chi connectivity index (χ0) is 11.5. The fraction of sp³-hybridized carbons (Fsp3) is 0.333. The van der Waals surface area contributed by atoms with E-state index < -0.39 is 15.8 Å². The van der Waals surface area contributed by atoms with Crippen LogP contribution in [0, 0.1) is 5.82 Å². The lowest BCUT2D eigenvalue weighted by Gasteiger charge is -2.18. The van der Waals surface area contributed by atoms with Crippen LogP contribution in [0.3, 0.4) is 0 Å². The van der Waals surface area contributed by atoms with Gasteiger partial charge in [-0.3, -0.25) is 4.31 Å². The number of sulfonamides is 1. The molecule has 0 atom stereocenters. The van der Waals surface area contributed by atoms with E-state index >= 15 is 0 Å². The van der Waals surface area contributed by atoms with Crippen molar-refractivity contribution < 1.29 is 12.8 Å². The van der Waals surface area contributed by atoms with Gasteiger partial charge in [-0.25, -0.2) is 12.8 Å². The molecule has 0 spiro atoms. The molecule has 0 radical (unpaired) electrons. The summed E-state index contributed by atoms with van der Waals surface area (Å²) in [6.07, 6.45) is 0. The maximum atomic E-state index is 12.9. The van der Waals surface area contributed by atoms with Gasteiger partial charge in [-0.05, 0) is 18.2 Å². The van der Waals surface area contributed by atoms with Crippen LogP contribution in [-0.4, -0.2) is 27.1 Å². The van der Waals surface area contributed by atoms with Crippen LogP contribution in [0.1, 0.15) is 0 Å². The highest BCUT2D eigenvalue weighted by molar-refractivity contribution is 7.92. The maximum absolute atomic E-state index is 12.9. The summed E-state index contributed by atoms with van der Waals surface area (Å²) in [5.41, 5.74) is 0.292. The first-order valence-electron chi connectivity index (χ1n) is 4.25. The topological polar surface area (TPSA) is 37.4 Å². The normalized spacial score (nSPS) is 11.4. The van der Waals surface area contributed by atoms with E-state index in [0.717, 1.165) is 10.4 Å². The van der Waals surface area contributed by atoms with Crippen LogP contribution < -0.4 is 4.31 Å². The molecule has 0 fully saturated rings. The van der Waals surface area contributed by atoms with Crippen molar-refractivity contribution >= 4 is 27.3 Å². The van der Waals surface area contributed by atoms with Gasteiger partial charge in [0.05, 0.1) is 11.4 Å². The highest BCUT2D eigenvalue weighted by atomic mass is 35.5. The van der Waals surface area contributed by atoms with Crippen molar-refractivity contribution in [3.05, 3.63) is 30.1 Å². The summed E-state index contributed by atoms with van der Waals surface area (Å²) in [6, 6.07) is 5.39. The zero-order valence-corrected chi connectivity index (χ0v) is 9.72. The number of rotatable bonds is 4. The van der Waals surface area contributed by atoms with Crippen molar-refractivity contribution in [3.8, 4) is 0 Å². The molecule has 0 saturated carbocycles. The zero-order valence-electron chi connectivity index (χ0n) is 8.15. The van der Waals surface area contributed by atoms with E-state index in [-0.39, 0.29) is 11.6 Å². The highest BCUT2D eigenvalue weighted by Crippen LogP contribution is 2.17. The Hall–Kier alpha value is -0.810. The summed E-state index contributed by atoms with van der Waals surface area (Å²) in [4.78, 5) is 0. The molecule has 0 bridgehead atoms. The smallest absolute Gasteiger partial charge is 0.236 e. The van der Waals surface area contributed by atoms with Crippen LogP contribution in [0.15, 0.2) is 24.3 Å². The third kappa shape index (κ3) is 3.07. The Labute approximate surface area is 93.5 Å². The van der Waals surface area contributed by atoms with Crippen LogP contribution in [0.4, 0.5) is 10.1 Å². The number of alkyl halides is 1. The largest absolute Gasteiger partial charge is 0.273 e. The van der Waals surface area contributed by atoms with E-state index in [1.54, 1.807) is 0 Å². The minimum atomic E-state index is -3.45. The fourth-order valence-electron chi connectivity index (χ4n) is 1.07. The van der Waals surface area contributed by atoms with Gasteiger partial charge < -0.3 is 0 Å². The molecule has 0 N–H and O–H groups in total. The fourth-order valence-corrected chi connectivity index (χ4v) is 2.56. The summed E-state index contributed by atoms with van der Waals surface area (Å²) in [5.74, 6) is -0.621. The molecule has 1 aromatic rings. The molecule has 0 aliphatic rings. The predicted molar refractivity (Wildman–Crippen MR) is 59.3 cm³/mol. The average molecular weight is 252 g/mol. The van der Waals surface area contributed by atoms with Crippen molar-refractivity contribution in [1.82, 2.24) is 0 Å². The summed E-state index contributed by atoms with van der Waals surface area (Å²) >= 11 is 5.37. The predicted octanol–water partition coefficient (Wildman–Crippen LogP) is 1.83. The van der Waals surface area contributed by atoms with Gasteiger partial charge in [0.15, 0.2) is 0 Å². The third-order valence-electron chi connectivity index (χ3n) is 1.92. The Balaban J connectivity index is 2.99. The molecule has 0 unspecified atom stereocenters. The van der Waals surface area contributed by atoms with E-state index in [1.807, 2.05) is 0 Å². The molecule has 15 heavy (non-hydrogen) atoms. The first-order chi connectivity index (χ1) is 6.97. The number of hydrogen-bond donors (Lipinski definition) is 0. The van der Waals surface area contributed by atoms with Crippen molar-refractivity contribution in [2.45, 2.75) is 0 Å². The average Bonchev–Trinajstić information content (AvgIpc) is 2.16. The maximum Gasteiger partial charge on any atom is 0.236 e. The van der Waals surface area contributed by atoms with Gasteiger partial charge in [-0.1, -0.05) is 6.07 Å². The molecule has 84 valence electrons. The summed E-state index contributed by atoms with van der Waals surface area (Å²) in [5, 5.41) is 0. The number of halogens is 2. The summed E-state index contributed by atoms with van der Waals surface area (Å²) in [7, 11) is -2.07. The molecule has 1 rings (SSSR count). The van der Waals surface area contributed by atoms with Crippen molar-refractivity contribution in [2.75, 3.05) is 23.0 Å². The second kappa shape index (κ2) is 4.81. The van der Waals surface area contributed by atoms with E-state index in [9.17, 15) is 12.8 Å². The number of hydrogen-bond acceptors (Lipinski definition) is 2.